The van der Waals surface area contributed by atoms with Crippen molar-refractivity contribution in [2.24, 2.45) is 11.7 Å². The van der Waals surface area contributed by atoms with Crippen LogP contribution in [0, 0.1) is 12.8 Å². The molecule has 1 aromatic heterocycles. The maximum Gasteiger partial charge on any atom is -0.00428 e. The van der Waals surface area contributed by atoms with E-state index in [2.05, 4.69) is 17.7 Å². The molecule has 1 aromatic rings. The van der Waals surface area contributed by atoms with Crippen molar-refractivity contribution in [2.45, 2.75) is 19.3 Å². The van der Waals surface area contributed by atoms with E-state index >= 15 is 0 Å². The molecule has 0 spiro atoms. The van der Waals surface area contributed by atoms with Crippen molar-refractivity contribution in [3.63, 3.8) is 0 Å². The van der Waals surface area contributed by atoms with E-state index in [1.54, 1.807) is 16.9 Å². The molecular formula is C9H13NS. The van der Waals surface area contributed by atoms with Gasteiger partial charge in [-0.1, -0.05) is 0 Å². The fraction of sp³-hybridized carbons (Fsp3) is 0.556. The molecule has 1 fully saturated rings. The van der Waals surface area contributed by atoms with Gasteiger partial charge in [0.15, 0.2) is 0 Å². The molecule has 0 bridgehead atoms. The molecule has 60 valence electrons. The lowest BCUT2D eigenvalue weighted by atomic mass is 10.1. The Bertz CT molecular complexity index is 254. The third-order valence-corrected chi connectivity index (χ3v) is 3.40. The maximum atomic E-state index is 5.58. The molecular weight excluding hydrogens is 154 g/mol. The molecule has 0 aromatic carbocycles. The van der Waals surface area contributed by atoms with Crippen molar-refractivity contribution in [2.75, 3.05) is 6.54 Å². The highest BCUT2D eigenvalue weighted by Crippen LogP contribution is 2.48. The summed E-state index contributed by atoms with van der Waals surface area (Å²) in [6.07, 6.45) is 1.31. The van der Waals surface area contributed by atoms with Crippen LogP contribution in [-0.2, 0) is 0 Å². The Morgan fingerprint density at radius 3 is 2.91 bits per heavy atom. The predicted molar refractivity (Wildman–Crippen MR) is 49.0 cm³/mol. The van der Waals surface area contributed by atoms with Crippen LogP contribution in [0.15, 0.2) is 10.8 Å². The van der Waals surface area contributed by atoms with Gasteiger partial charge in [0.25, 0.3) is 0 Å². The first kappa shape index (κ1) is 7.32. The van der Waals surface area contributed by atoms with Crippen molar-refractivity contribution >= 4 is 11.3 Å². The molecule has 2 atom stereocenters. The van der Waals surface area contributed by atoms with E-state index in [1.807, 2.05) is 0 Å². The number of hydrogen-bond acceptors (Lipinski definition) is 2. The van der Waals surface area contributed by atoms with Crippen molar-refractivity contribution in [3.05, 3.63) is 21.9 Å². The Morgan fingerprint density at radius 2 is 2.45 bits per heavy atom. The third-order valence-electron chi connectivity index (χ3n) is 2.52. The molecule has 1 heterocycles. The molecule has 0 radical (unpaired) electrons. The summed E-state index contributed by atoms with van der Waals surface area (Å²) in [5.41, 5.74) is 8.59. The van der Waals surface area contributed by atoms with Gasteiger partial charge in [-0.05, 0) is 53.6 Å². The Labute approximate surface area is 71.2 Å². The number of aryl methyl sites for hydroxylation is 1. The Kier molecular flexibility index (Phi) is 1.74. The number of thiophene rings is 1. The van der Waals surface area contributed by atoms with E-state index in [0.717, 1.165) is 18.4 Å². The standard InChI is InChI=1S/C9H13NS/c1-6-4-11-5-9(6)8-2-7(8)3-10/h4-5,7-8H,2-3,10H2,1H3/t7-,8+/m0/s1. The van der Waals surface area contributed by atoms with Crippen LogP contribution in [0.4, 0.5) is 0 Å². The van der Waals surface area contributed by atoms with Crippen LogP contribution in [0.5, 0.6) is 0 Å². The molecule has 1 nitrogen and oxygen atoms in total. The smallest absolute Gasteiger partial charge is 0.00428 e. The van der Waals surface area contributed by atoms with E-state index in [4.69, 9.17) is 5.73 Å². The lowest BCUT2D eigenvalue weighted by molar-refractivity contribution is 0.809. The molecule has 11 heavy (non-hydrogen) atoms. The highest BCUT2D eigenvalue weighted by atomic mass is 32.1. The Balaban J connectivity index is 2.14. The average Bonchev–Trinajstić information content (AvgIpc) is 2.68. The van der Waals surface area contributed by atoms with E-state index in [0.29, 0.717) is 0 Å². The SMILES string of the molecule is Cc1cscc1[C@@H]1C[C@H]1CN. The summed E-state index contributed by atoms with van der Waals surface area (Å²) < 4.78 is 0. The second-order valence-electron chi connectivity index (χ2n) is 3.35. The first-order chi connectivity index (χ1) is 5.33. The first-order valence-electron chi connectivity index (χ1n) is 4.05. The Morgan fingerprint density at radius 1 is 1.64 bits per heavy atom. The van der Waals surface area contributed by atoms with Gasteiger partial charge < -0.3 is 5.73 Å². The average molecular weight is 167 g/mol. The van der Waals surface area contributed by atoms with Crippen LogP contribution in [0.2, 0.25) is 0 Å². The minimum atomic E-state index is 0.781. The van der Waals surface area contributed by atoms with Crippen molar-refractivity contribution in [3.8, 4) is 0 Å². The predicted octanol–water partition coefficient (Wildman–Crippen LogP) is 2.12. The molecule has 2 N–H and O–H groups in total. The zero-order chi connectivity index (χ0) is 7.84. The molecule has 2 rings (SSSR count). The summed E-state index contributed by atoms with van der Waals surface area (Å²) in [7, 11) is 0. The van der Waals surface area contributed by atoms with Crippen LogP contribution in [0.1, 0.15) is 23.5 Å². The quantitative estimate of drug-likeness (QED) is 0.717. The fourth-order valence-corrected chi connectivity index (χ4v) is 2.55. The van der Waals surface area contributed by atoms with Gasteiger partial charge in [-0.25, -0.2) is 0 Å². The van der Waals surface area contributed by atoms with Crippen LogP contribution in [0.25, 0.3) is 0 Å². The second kappa shape index (κ2) is 2.61. The zero-order valence-corrected chi connectivity index (χ0v) is 7.53. The van der Waals surface area contributed by atoms with Crippen LogP contribution >= 0.6 is 11.3 Å². The van der Waals surface area contributed by atoms with Crippen molar-refractivity contribution in [1.29, 1.82) is 0 Å². The van der Waals surface area contributed by atoms with Crippen molar-refractivity contribution in [1.82, 2.24) is 0 Å². The first-order valence-corrected chi connectivity index (χ1v) is 5.00. The minimum Gasteiger partial charge on any atom is -0.330 e. The van der Waals surface area contributed by atoms with Gasteiger partial charge in [-0.3, -0.25) is 0 Å². The molecule has 1 aliphatic carbocycles. The summed E-state index contributed by atoms with van der Waals surface area (Å²) >= 11 is 1.81. The van der Waals surface area contributed by atoms with E-state index in [-0.39, 0.29) is 0 Å². The zero-order valence-electron chi connectivity index (χ0n) is 6.71. The minimum absolute atomic E-state index is 0.781. The van der Waals surface area contributed by atoms with Crippen LogP contribution in [-0.4, -0.2) is 6.54 Å². The maximum absolute atomic E-state index is 5.58. The second-order valence-corrected chi connectivity index (χ2v) is 4.09. The number of hydrogen-bond donors (Lipinski definition) is 1. The van der Waals surface area contributed by atoms with E-state index < -0.39 is 0 Å². The van der Waals surface area contributed by atoms with Gasteiger partial charge in [-0.15, -0.1) is 0 Å². The summed E-state index contributed by atoms with van der Waals surface area (Å²) in [6, 6.07) is 0. The molecule has 0 aliphatic heterocycles. The fourth-order valence-electron chi connectivity index (χ4n) is 1.64. The van der Waals surface area contributed by atoms with Crippen LogP contribution in [0.3, 0.4) is 0 Å². The molecule has 1 saturated carbocycles. The monoisotopic (exact) mass is 167 g/mol. The normalized spacial score (nSPS) is 28.9. The topological polar surface area (TPSA) is 26.0 Å². The molecule has 0 saturated heterocycles. The summed E-state index contributed by atoms with van der Waals surface area (Å²) in [5, 5.41) is 4.50. The molecule has 1 aliphatic rings. The lowest BCUT2D eigenvalue weighted by Crippen LogP contribution is -2.01. The third kappa shape index (κ3) is 1.21. The van der Waals surface area contributed by atoms with Gasteiger partial charge in [0.2, 0.25) is 0 Å². The molecule has 2 heteroatoms. The van der Waals surface area contributed by atoms with Crippen LogP contribution < -0.4 is 5.73 Å². The van der Waals surface area contributed by atoms with E-state index in [1.165, 1.54) is 12.0 Å². The highest BCUT2D eigenvalue weighted by Gasteiger charge is 2.37. The van der Waals surface area contributed by atoms with Gasteiger partial charge in [0.05, 0.1) is 0 Å². The molecule has 0 unspecified atom stereocenters. The van der Waals surface area contributed by atoms with Gasteiger partial charge in [0.1, 0.15) is 0 Å². The van der Waals surface area contributed by atoms with Gasteiger partial charge in [0, 0.05) is 0 Å². The molecule has 0 amide bonds. The highest BCUT2D eigenvalue weighted by molar-refractivity contribution is 7.08. The van der Waals surface area contributed by atoms with Gasteiger partial charge in [-0.2, -0.15) is 11.3 Å². The lowest BCUT2D eigenvalue weighted by Gasteiger charge is -1.95. The summed E-state index contributed by atoms with van der Waals surface area (Å²) in [5.74, 6) is 1.58. The largest absolute Gasteiger partial charge is 0.330 e. The number of nitrogens with two attached hydrogens (primary N) is 1. The van der Waals surface area contributed by atoms with Crippen molar-refractivity contribution < 1.29 is 0 Å². The number of rotatable bonds is 2. The van der Waals surface area contributed by atoms with E-state index in [9.17, 15) is 0 Å². The Hall–Kier alpha value is -0.340. The summed E-state index contributed by atoms with van der Waals surface area (Å²) in [4.78, 5) is 0. The summed E-state index contributed by atoms with van der Waals surface area (Å²) in [6.45, 7) is 3.05. The van der Waals surface area contributed by atoms with Gasteiger partial charge >= 0.3 is 0 Å².